The van der Waals surface area contributed by atoms with Crippen molar-refractivity contribution in [2.75, 3.05) is 12.4 Å². The lowest BCUT2D eigenvalue weighted by atomic mass is 10.1. The average Bonchev–Trinajstić information content (AvgIpc) is 2.38. The molecule has 1 rings (SSSR count). The highest BCUT2D eigenvalue weighted by atomic mass is 16.2. The molecule has 0 bridgehead atoms. The Kier molecular flexibility index (Phi) is 4.85. The van der Waals surface area contributed by atoms with E-state index in [0.717, 1.165) is 5.56 Å². The van der Waals surface area contributed by atoms with Gasteiger partial charge >= 0.3 is 0 Å². The molecule has 0 saturated heterocycles. The SMILES string of the molecule is CCC(N)C(=O)Nc1ccc(C(=O)NC)cc1C. The van der Waals surface area contributed by atoms with Gasteiger partial charge in [0.15, 0.2) is 0 Å². The number of anilines is 1. The summed E-state index contributed by atoms with van der Waals surface area (Å²) in [6.45, 7) is 3.69. The fourth-order valence-corrected chi connectivity index (χ4v) is 1.50. The molecule has 0 aliphatic heterocycles. The number of rotatable bonds is 4. The van der Waals surface area contributed by atoms with Crippen LogP contribution in [-0.4, -0.2) is 24.9 Å². The van der Waals surface area contributed by atoms with Gasteiger partial charge in [-0.1, -0.05) is 6.92 Å². The smallest absolute Gasteiger partial charge is 0.251 e. The molecule has 0 heterocycles. The van der Waals surface area contributed by atoms with E-state index in [1.807, 2.05) is 13.8 Å². The first-order valence-electron chi connectivity index (χ1n) is 5.88. The topological polar surface area (TPSA) is 84.2 Å². The lowest BCUT2D eigenvalue weighted by Crippen LogP contribution is -2.35. The Balaban J connectivity index is 2.86. The number of amides is 2. The van der Waals surface area contributed by atoms with Gasteiger partial charge in [-0.25, -0.2) is 0 Å². The second-order valence-corrected chi connectivity index (χ2v) is 4.11. The van der Waals surface area contributed by atoms with Crippen LogP contribution in [0.15, 0.2) is 18.2 Å². The Bertz CT molecular complexity index is 458. The van der Waals surface area contributed by atoms with Gasteiger partial charge in [0, 0.05) is 18.3 Å². The lowest BCUT2D eigenvalue weighted by molar-refractivity contribution is -0.117. The molecule has 1 aromatic carbocycles. The van der Waals surface area contributed by atoms with Crippen LogP contribution in [0.4, 0.5) is 5.69 Å². The normalized spacial score (nSPS) is 11.8. The number of carbonyl (C=O) groups is 2. The van der Waals surface area contributed by atoms with E-state index in [-0.39, 0.29) is 11.8 Å². The van der Waals surface area contributed by atoms with E-state index in [4.69, 9.17) is 5.73 Å². The van der Waals surface area contributed by atoms with Crippen LogP contribution < -0.4 is 16.4 Å². The fraction of sp³-hybridized carbons (Fsp3) is 0.385. The highest BCUT2D eigenvalue weighted by Gasteiger charge is 2.13. The van der Waals surface area contributed by atoms with Crippen LogP contribution in [0.5, 0.6) is 0 Å². The summed E-state index contributed by atoms with van der Waals surface area (Å²) in [7, 11) is 1.58. The van der Waals surface area contributed by atoms with Crippen LogP contribution in [0.2, 0.25) is 0 Å². The van der Waals surface area contributed by atoms with Crippen molar-refractivity contribution < 1.29 is 9.59 Å². The lowest BCUT2D eigenvalue weighted by Gasteiger charge is -2.12. The standard InChI is InChI=1S/C13H19N3O2/c1-4-10(14)13(18)16-11-6-5-9(7-8(11)2)12(17)15-3/h5-7,10H,4,14H2,1-3H3,(H,15,17)(H,16,18). The molecule has 0 aliphatic rings. The zero-order valence-electron chi connectivity index (χ0n) is 10.9. The zero-order valence-corrected chi connectivity index (χ0v) is 10.9. The van der Waals surface area contributed by atoms with Crippen LogP contribution in [0.3, 0.4) is 0 Å². The first-order chi connectivity index (χ1) is 8.49. The molecule has 0 spiro atoms. The van der Waals surface area contributed by atoms with Gasteiger partial charge in [0.05, 0.1) is 6.04 Å². The molecule has 98 valence electrons. The van der Waals surface area contributed by atoms with Crippen molar-refractivity contribution in [2.24, 2.45) is 5.73 Å². The Labute approximate surface area is 107 Å². The predicted octanol–water partition coefficient (Wildman–Crippen LogP) is 1.03. The van der Waals surface area contributed by atoms with Crippen molar-refractivity contribution >= 4 is 17.5 Å². The van der Waals surface area contributed by atoms with Crippen molar-refractivity contribution in [3.05, 3.63) is 29.3 Å². The van der Waals surface area contributed by atoms with Crippen LogP contribution in [0, 0.1) is 6.92 Å². The molecular weight excluding hydrogens is 230 g/mol. The Morgan fingerprint density at radius 3 is 2.56 bits per heavy atom. The minimum absolute atomic E-state index is 0.152. The summed E-state index contributed by atoms with van der Waals surface area (Å²) in [5.41, 5.74) is 7.70. The van der Waals surface area contributed by atoms with Crippen molar-refractivity contribution in [3.8, 4) is 0 Å². The van der Waals surface area contributed by atoms with Crippen molar-refractivity contribution in [3.63, 3.8) is 0 Å². The van der Waals surface area contributed by atoms with Gasteiger partial charge in [-0.2, -0.15) is 0 Å². The molecule has 1 aromatic rings. The zero-order chi connectivity index (χ0) is 13.7. The number of nitrogens with one attached hydrogen (secondary N) is 2. The Hall–Kier alpha value is -1.88. The molecule has 5 nitrogen and oxygen atoms in total. The summed E-state index contributed by atoms with van der Waals surface area (Å²) in [4.78, 5) is 23.1. The number of hydrogen-bond acceptors (Lipinski definition) is 3. The molecule has 0 aromatic heterocycles. The van der Waals surface area contributed by atoms with Crippen LogP contribution in [0.1, 0.15) is 29.3 Å². The van der Waals surface area contributed by atoms with Gasteiger partial charge in [-0.3, -0.25) is 9.59 Å². The number of benzene rings is 1. The highest BCUT2D eigenvalue weighted by Crippen LogP contribution is 2.16. The van der Waals surface area contributed by atoms with Gasteiger partial charge in [-0.05, 0) is 37.1 Å². The van der Waals surface area contributed by atoms with Gasteiger partial charge in [0.1, 0.15) is 0 Å². The van der Waals surface area contributed by atoms with E-state index in [2.05, 4.69) is 10.6 Å². The second-order valence-electron chi connectivity index (χ2n) is 4.11. The minimum Gasteiger partial charge on any atom is -0.355 e. The Morgan fingerprint density at radius 2 is 2.06 bits per heavy atom. The molecule has 5 heteroatoms. The maximum atomic E-state index is 11.7. The third-order valence-electron chi connectivity index (χ3n) is 2.75. The van der Waals surface area contributed by atoms with Crippen molar-refractivity contribution in [1.29, 1.82) is 0 Å². The van der Waals surface area contributed by atoms with Crippen molar-refractivity contribution in [2.45, 2.75) is 26.3 Å². The molecule has 0 saturated carbocycles. The van der Waals surface area contributed by atoms with E-state index in [9.17, 15) is 9.59 Å². The maximum absolute atomic E-state index is 11.7. The number of nitrogens with two attached hydrogens (primary N) is 1. The molecule has 18 heavy (non-hydrogen) atoms. The molecule has 4 N–H and O–H groups in total. The van der Waals surface area contributed by atoms with Gasteiger partial charge in [0.25, 0.3) is 5.91 Å². The second kappa shape index (κ2) is 6.16. The third-order valence-corrected chi connectivity index (χ3v) is 2.75. The molecule has 1 unspecified atom stereocenters. The van der Waals surface area contributed by atoms with Gasteiger partial charge < -0.3 is 16.4 Å². The van der Waals surface area contributed by atoms with Crippen LogP contribution in [0.25, 0.3) is 0 Å². The van der Waals surface area contributed by atoms with Crippen LogP contribution >= 0.6 is 0 Å². The summed E-state index contributed by atoms with van der Waals surface area (Å²) >= 11 is 0. The van der Waals surface area contributed by atoms with E-state index < -0.39 is 6.04 Å². The highest BCUT2D eigenvalue weighted by molar-refractivity contribution is 5.97. The molecule has 1 atom stereocenters. The summed E-state index contributed by atoms with van der Waals surface area (Å²) < 4.78 is 0. The van der Waals surface area contributed by atoms with E-state index >= 15 is 0 Å². The van der Waals surface area contributed by atoms with E-state index in [0.29, 0.717) is 17.7 Å². The van der Waals surface area contributed by atoms with E-state index in [1.165, 1.54) is 0 Å². The first-order valence-corrected chi connectivity index (χ1v) is 5.88. The molecule has 0 radical (unpaired) electrons. The minimum atomic E-state index is -0.511. The predicted molar refractivity (Wildman–Crippen MR) is 71.5 cm³/mol. The summed E-state index contributed by atoms with van der Waals surface area (Å²) in [5, 5.41) is 5.30. The summed E-state index contributed by atoms with van der Waals surface area (Å²) in [6.07, 6.45) is 0.585. The number of aryl methyl sites for hydroxylation is 1. The van der Waals surface area contributed by atoms with Crippen molar-refractivity contribution in [1.82, 2.24) is 5.32 Å². The van der Waals surface area contributed by atoms with Crippen LogP contribution in [-0.2, 0) is 4.79 Å². The maximum Gasteiger partial charge on any atom is 0.251 e. The number of hydrogen-bond donors (Lipinski definition) is 3. The summed E-state index contributed by atoms with van der Waals surface area (Å²) in [6, 6.07) is 4.59. The van der Waals surface area contributed by atoms with Gasteiger partial charge in [0.2, 0.25) is 5.91 Å². The monoisotopic (exact) mass is 249 g/mol. The molecular formula is C13H19N3O2. The quantitative estimate of drug-likeness (QED) is 0.745. The molecule has 2 amide bonds. The van der Waals surface area contributed by atoms with E-state index in [1.54, 1.807) is 25.2 Å². The largest absolute Gasteiger partial charge is 0.355 e. The molecule has 0 fully saturated rings. The summed E-state index contributed by atoms with van der Waals surface area (Å²) in [5.74, 6) is -0.366. The average molecular weight is 249 g/mol. The first kappa shape index (κ1) is 14.2. The fourth-order valence-electron chi connectivity index (χ4n) is 1.50. The molecule has 0 aliphatic carbocycles. The number of carbonyl (C=O) groups excluding carboxylic acids is 2. The van der Waals surface area contributed by atoms with Gasteiger partial charge in [-0.15, -0.1) is 0 Å². The Morgan fingerprint density at radius 1 is 1.39 bits per heavy atom. The third kappa shape index (κ3) is 3.30.